The maximum absolute atomic E-state index is 14.4. The average Bonchev–Trinajstić information content (AvgIpc) is 3.65. The number of hydrazine groups is 1. The largest absolute Gasteiger partial charge is 0.508 e. The van der Waals surface area contributed by atoms with Crippen LogP contribution in [0.15, 0.2) is 59.7 Å². The van der Waals surface area contributed by atoms with Crippen LogP contribution in [0, 0.1) is 11.3 Å². The number of benzene rings is 2. The Balaban J connectivity index is 1.54. The fourth-order valence-corrected chi connectivity index (χ4v) is 8.57. The summed E-state index contributed by atoms with van der Waals surface area (Å²) in [5.41, 5.74) is 9.30. The van der Waals surface area contributed by atoms with Gasteiger partial charge in [0.25, 0.3) is 5.91 Å². The van der Waals surface area contributed by atoms with E-state index in [2.05, 4.69) is 54.8 Å². The quantitative estimate of drug-likeness (QED) is 0.152. The highest BCUT2D eigenvalue weighted by atomic mass is 16.5. The van der Waals surface area contributed by atoms with E-state index >= 15 is 0 Å². The van der Waals surface area contributed by atoms with Gasteiger partial charge in [-0.2, -0.15) is 0 Å². The molecular formula is C45H58N6O7. The van der Waals surface area contributed by atoms with Gasteiger partial charge in [0.15, 0.2) is 0 Å². The van der Waals surface area contributed by atoms with E-state index in [4.69, 9.17) is 14.5 Å². The monoisotopic (exact) mass is 794 g/mol. The summed E-state index contributed by atoms with van der Waals surface area (Å²) in [4.78, 5) is 60.8. The summed E-state index contributed by atoms with van der Waals surface area (Å²) in [6.07, 6.45) is 4.88. The van der Waals surface area contributed by atoms with Gasteiger partial charge in [-0.25, -0.2) is 5.43 Å². The molecule has 3 amide bonds. The van der Waals surface area contributed by atoms with Crippen molar-refractivity contribution in [1.29, 1.82) is 0 Å². The Morgan fingerprint density at radius 2 is 1.93 bits per heavy atom. The van der Waals surface area contributed by atoms with Crippen molar-refractivity contribution in [3.05, 3.63) is 71.6 Å². The van der Waals surface area contributed by atoms with Crippen LogP contribution in [0.1, 0.15) is 77.6 Å². The number of carbonyl (C=O) groups excluding carboxylic acids is 4. The van der Waals surface area contributed by atoms with Crippen LogP contribution in [-0.4, -0.2) is 101 Å². The van der Waals surface area contributed by atoms with E-state index in [9.17, 15) is 24.3 Å². The summed E-state index contributed by atoms with van der Waals surface area (Å²) in [6, 6.07) is 9.24. The molecular weight excluding hydrogens is 737 g/mol. The van der Waals surface area contributed by atoms with Crippen molar-refractivity contribution in [3.8, 4) is 16.9 Å². The van der Waals surface area contributed by atoms with Crippen LogP contribution in [0.4, 0.5) is 0 Å². The summed E-state index contributed by atoms with van der Waals surface area (Å²) in [7, 11) is 3.32. The summed E-state index contributed by atoms with van der Waals surface area (Å²) >= 11 is 0. The summed E-state index contributed by atoms with van der Waals surface area (Å²) in [5.74, 6) is -2.07. The molecule has 5 atom stereocenters. The third-order valence-electron chi connectivity index (χ3n) is 11.9. The molecule has 0 spiro atoms. The lowest BCUT2D eigenvalue weighted by Crippen LogP contribution is -2.61. The topological polar surface area (TPSA) is 155 Å². The van der Waals surface area contributed by atoms with Crippen LogP contribution in [0.25, 0.3) is 27.6 Å². The number of ether oxygens (including phenoxy) is 2. The van der Waals surface area contributed by atoms with E-state index in [0.29, 0.717) is 37.9 Å². The van der Waals surface area contributed by atoms with Gasteiger partial charge in [0.2, 0.25) is 11.8 Å². The molecule has 2 saturated heterocycles. The maximum Gasteiger partial charge on any atom is 0.324 e. The first-order valence-electron chi connectivity index (χ1n) is 20.3. The van der Waals surface area contributed by atoms with Crippen molar-refractivity contribution in [2.24, 2.45) is 16.3 Å². The van der Waals surface area contributed by atoms with Gasteiger partial charge in [-0.05, 0) is 93.5 Å². The van der Waals surface area contributed by atoms with Crippen molar-refractivity contribution in [2.75, 3.05) is 27.3 Å². The summed E-state index contributed by atoms with van der Waals surface area (Å²) < 4.78 is 14.1. The molecule has 3 aliphatic rings. The molecule has 3 aliphatic heterocycles. The Morgan fingerprint density at radius 1 is 1.17 bits per heavy atom. The molecule has 13 heteroatoms. The SMILES string of the molecule is C=C/C(=C(\N=C/C)[C@H](C)OC)c1c2c3cc(ccc3n1CC)-c1cc(O)cc(c1)C[C@H](NC(=O)[C@H]1CC(=O)N(C)[C@@H]1C)C(=O)N1CCC[C@H](N1)C(=O)OCC(C)(C)C2. The average molecular weight is 795 g/mol. The number of phenols is 1. The minimum Gasteiger partial charge on any atom is -0.508 e. The first-order chi connectivity index (χ1) is 27.6. The van der Waals surface area contributed by atoms with E-state index in [0.717, 1.165) is 44.6 Å². The van der Waals surface area contributed by atoms with Gasteiger partial charge < -0.3 is 29.4 Å². The number of fused-ring (bicyclic) bond motifs is 6. The van der Waals surface area contributed by atoms with Crippen LogP contribution in [0.2, 0.25) is 0 Å². The number of nitrogens with zero attached hydrogens (tertiary/aromatic N) is 4. The van der Waals surface area contributed by atoms with Crippen molar-refractivity contribution < 1.29 is 33.8 Å². The number of aromatic hydroxyl groups is 1. The van der Waals surface area contributed by atoms with E-state index in [1.54, 1.807) is 37.4 Å². The van der Waals surface area contributed by atoms with Crippen LogP contribution in [0.3, 0.4) is 0 Å². The lowest BCUT2D eigenvalue weighted by Gasteiger charge is -2.36. The summed E-state index contributed by atoms with van der Waals surface area (Å²) in [6.45, 7) is 17.2. The van der Waals surface area contributed by atoms with Crippen molar-refractivity contribution >= 4 is 46.4 Å². The first-order valence-corrected chi connectivity index (χ1v) is 20.3. The molecule has 13 nitrogen and oxygen atoms in total. The standard InChI is InChI=1S/C45H58N6O7/c1-10-32(40(46-11-2)27(5)57-9)41-35-24-45(6,7)25-58-44(56)36-14-13-17-51(48-36)43(55)37(47-42(54)33-23-39(53)49(8)26(33)4)20-28-18-30(21-31(52)19-28)29-15-16-38(34(35)22-29)50(41)12-3/h10-11,15-16,18-19,21-22,26-27,33,36-37,48,52H,1,12-14,17,20,23-25H2,2-9H3,(H,47,54)/b40-32+,46-11-/t26-,27+,33+,36+,37+/m1/s1. The second-order valence-electron chi connectivity index (χ2n) is 16.5. The van der Waals surface area contributed by atoms with Gasteiger partial charge in [0, 0.05) is 74.2 Å². The number of likely N-dealkylation sites (tertiary alicyclic amines) is 1. The fraction of sp³-hybridized carbons (Fsp3) is 0.489. The minimum absolute atomic E-state index is 0.00995. The number of aliphatic imine (C=N–C) groups is 1. The highest BCUT2D eigenvalue weighted by Gasteiger charge is 2.41. The number of allylic oxidation sites excluding steroid dienone is 2. The predicted octanol–water partition coefficient (Wildman–Crippen LogP) is 5.57. The number of hydrogen-bond donors (Lipinski definition) is 3. The number of phenolic OH excluding ortho intramolecular Hbond substituents is 1. The van der Waals surface area contributed by atoms with Gasteiger partial charge in [-0.3, -0.25) is 29.2 Å². The molecule has 3 aromatic rings. The number of methoxy groups -OCH3 is 1. The van der Waals surface area contributed by atoms with E-state index in [-0.39, 0.29) is 43.3 Å². The molecule has 4 heterocycles. The minimum atomic E-state index is -1.07. The number of amides is 3. The van der Waals surface area contributed by atoms with Crippen LogP contribution >= 0.6 is 0 Å². The van der Waals surface area contributed by atoms with Gasteiger partial charge in [0.1, 0.15) is 17.8 Å². The Morgan fingerprint density at radius 3 is 2.59 bits per heavy atom. The Hall–Kier alpha value is -5.27. The Bertz CT molecular complexity index is 2170. The second-order valence-corrected chi connectivity index (χ2v) is 16.5. The molecule has 0 saturated carbocycles. The van der Waals surface area contributed by atoms with E-state index in [1.807, 2.05) is 39.0 Å². The zero-order valence-electron chi connectivity index (χ0n) is 35.1. The number of nitrogens with one attached hydrogen (secondary N) is 2. The first kappa shape index (κ1) is 42.3. The molecule has 58 heavy (non-hydrogen) atoms. The third kappa shape index (κ3) is 8.47. The molecule has 1 aromatic heterocycles. The van der Waals surface area contributed by atoms with Crippen molar-refractivity contribution in [3.63, 3.8) is 0 Å². The second kappa shape index (κ2) is 17.3. The number of hydrogen-bond acceptors (Lipinski definition) is 9. The van der Waals surface area contributed by atoms with Crippen LogP contribution in [0.5, 0.6) is 5.75 Å². The number of esters is 1. The highest BCUT2D eigenvalue weighted by Crippen LogP contribution is 2.40. The van der Waals surface area contributed by atoms with Crippen LogP contribution < -0.4 is 10.7 Å². The summed E-state index contributed by atoms with van der Waals surface area (Å²) in [5, 5.41) is 16.5. The third-order valence-corrected chi connectivity index (χ3v) is 11.9. The number of cyclic esters (lactones) is 1. The molecule has 6 rings (SSSR count). The fourth-order valence-electron chi connectivity index (χ4n) is 8.57. The number of aromatic nitrogens is 1. The molecule has 0 aliphatic carbocycles. The predicted molar refractivity (Wildman–Crippen MR) is 225 cm³/mol. The van der Waals surface area contributed by atoms with Gasteiger partial charge in [-0.15, -0.1) is 0 Å². The Labute approximate surface area is 341 Å². The van der Waals surface area contributed by atoms with Gasteiger partial charge >= 0.3 is 5.97 Å². The molecule has 2 aromatic carbocycles. The molecule has 6 bridgehead atoms. The smallest absolute Gasteiger partial charge is 0.324 e. The van der Waals surface area contributed by atoms with Crippen molar-refractivity contribution in [1.82, 2.24) is 25.2 Å². The van der Waals surface area contributed by atoms with Gasteiger partial charge in [-0.1, -0.05) is 38.6 Å². The van der Waals surface area contributed by atoms with Crippen LogP contribution in [-0.2, 0) is 48.0 Å². The zero-order valence-corrected chi connectivity index (χ0v) is 35.1. The highest BCUT2D eigenvalue weighted by molar-refractivity contribution is 5.96. The van der Waals surface area contributed by atoms with Gasteiger partial charge in [0.05, 0.1) is 30.0 Å². The maximum atomic E-state index is 14.4. The molecule has 0 radical (unpaired) electrons. The molecule has 3 N–H and O–H groups in total. The molecule has 2 fully saturated rings. The number of carbonyl (C=O) groups is 4. The normalized spacial score (nSPS) is 23.8. The lowest BCUT2D eigenvalue weighted by molar-refractivity contribution is -0.155. The molecule has 0 unspecified atom stereocenters. The number of rotatable bonds is 8. The Kier molecular flexibility index (Phi) is 12.6. The zero-order chi connectivity index (χ0) is 42.1. The lowest BCUT2D eigenvalue weighted by atomic mass is 9.84. The van der Waals surface area contributed by atoms with E-state index < -0.39 is 41.2 Å². The van der Waals surface area contributed by atoms with Crippen molar-refractivity contribution in [2.45, 2.75) is 104 Å². The molecule has 310 valence electrons. The number of aryl methyl sites for hydroxylation is 1. The van der Waals surface area contributed by atoms with E-state index in [1.165, 1.54) is 5.01 Å².